The summed E-state index contributed by atoms with van der Waals surface area (Å²) in [5, 5.41) is 39.2. The number of carboxylic acids is 1. The van der Waals surface area contributed by atoms with E-state index in [-0.39, 0.29) is 51.4 Å². The molecule has 0 spiro atoms. The van der Waals surface area contributed by atoms with E-state index < -0.39 is 36.9 Å². The lowest BCUT2D eigenvalue weighted by Crippen LogP contribution is -2.36. The number of aliphatic carboxylic acids is 1. The molecule has 0 rings (SSSR count). The fraction of sp³-hybridized carbons (Fsp3) is 0.905. The van der Waals surface area contributed by atoms with E-state index in [2.05, 4.69) is 5.32 Å². The van der Waals surface area contributed by atoms with Gasteiger partial charge in [-0.3, -0.25) is 4.79 Å². The molecule has 1 amide bonds. The van der Waals surface area contributed by atoms with E-state index in [1.165, 1.54) is 7.11 Å². The van der Waals surface area contributed by atoms with Crippen LogP contribution in [-0.2, 0) is 28.5 Å². The molecule has 0 radical (unpaired) electrons. The van der Waals surface area contributed by atoms with Crippen LogP contribution in [0.3, 0.4) is 0 Å². The number of amides is 1. The molecule has 0 heterocycles. The number of carbonyl (C=O) groups is 2. The third-order valence-electron chi connectivity index (χ3n) is 4.78. The molecule has 12 heteroatoms. The lowest BCUT2D eigenvalue weighted by molar-refractivity contribution is -0.201. The number of alkyl carbamates (subject to hydrolysis) is 1. The molecule has 0 aliphatic heterocycles. The van der Waals surface area contributed by atoms with Crippen molar-refractivity contribution < 1.29 is 53.7 Å². The average Bonchev–Trinajstić information content (AvgIpc) is 2.77. The van der Waals surface area contributed by atoms with Crippen molar-refractivity contribution in [3.63, 3.8) is 0 Å². The van der Waals surface area contributed by atoms with Crippen LogP contribution in [0.2, 0.25) is 0 Å². The minimum atomic E-state index is -1.04. The summed E-state index contributed by atoms with van der Waals surface area (Å²) in [6, 6.07) is 0. The number of aliphatic hydroxyl groups excluding tert-OH is 3. The fourth-order valence-corrected chi connectivity index (χ4v) is 2.80. The highest BCUT2D eigenvalue weighted by atomic mass is 16.7. The van der Waals surface area contributed by atoms with Gasteiger partial charge in [0.1, 0.15) is 6.61 Å². The summed E-state index contributed by atoms with van der Waals surface area (Å²) >= 11 is 0. The molecule has 0 saturated carbocycles. The van der Waals surface area contributed by atoms with Gasteiger partial charge in [0.15, 0.2) is 12.6 Å². The quantitative estimate of drug-likeness (QED) is 0.152. The van der Waals surface area contributed by atoms with Crippen LogP contribution in [0.15, 0.2) is 0 Å². The summed E-state index contributed by atoms with van der Waals surface area (Å²) in [6.45, 7) is 4.99. The SMILES string of the molecule is CCC(CO)OC(CO)OCCC(C)(C)CC(CO)OC(COC(=O)NCCC(=O)O)OC. The summed E-state index contributed by atoms with van der Waals surface area (Å²) in [5.74, 6) is -1.04. The minimum Gasteiger partial charge on any atom is -0.481 e. The molecule has 33 heavy (non-hydrogen) atoms. The van der Waals surface area contributed by atoms with Gasteiger partial charge in [-0.25, -0.2) is 4.79 Å². The second-order valence-corrected chi connectivity index (χ2v) is 8.23. The number of hydrogen-bond acceptors (Lipinski definition) is 10. The molecule has 0 saturated heterocycles. The van der Waals surface area contributed by atoms with Crippen molar-refractivity contribution in [3.05, 3.63) is 0 Å². The van der Waals surface area contributed by atoms with Crippen LogP contribution in [0.25, 0.3) is 0 Å². The van der Waals surface area contributed by atoms with Gasteiger partial charge in [0.2, 0.25) is 0 Å². The highest BCUT2D eigenvalue weighted by molar-refractivity contribution is 5.70. The molecule has 196 valence electrons. The maximum atomic E-state index is 11.6. The predicted octanol–water partition coefficient (Wildman–Crippen LogP) is 0.466. The van der Waals surface area contributed by atoms with Crippen LogP contribution in [0.1, 0.15) is 46.5 Å². The number of ether oxygens (including phenoxy) is 5. The zero-order chi connectivity index (χ0) is 25.3. The second kappa shape index (κ2) is 17.9. The molecule has 12 nitrogen and oxygen atoms in total. The predicted molar refractivity (Wildman–Crippen MR) is 116 cm³/mol. The van der Waals surface area contributed by atoms with E-state index in [0.29, 0.717) is 19.3 Å². The van der Waals surface area contributed by atoms with Gasteiger partial charge >= 0.3 is 12.1 Å². The maximum Gasteiger partial charge on any atom is 0.407 e. The topological polar surface area (TPSA) is 173 Å². The first kappa shape index (κ1) is 31.5. The Balaban J connectivity index is 4.49. The molecule has 4 unspecified atom stereocenters. The summed E-state index contributed by atoms with van der Waals surface area (Å²) in [7, 11) is 1.37. The van der Waals surface area contributed by atoms with Crippen molar-refractivity contribution >= 4 is 12.1 Å². The number of carbonyl (C=O) groups excluding carboxylic acids is 1. The van der Waals surface area contributed by atoms with Gasteiger partial charge in [-0.05, 0) is 24.7 Å². The molecule has 0 aromatic heterocycles. The fourth-order valence-electron chi connectivity index (χ4n) is 2.80. The molecule has 0 aromatic rings. The summed E-state index contributed by atoms with van der Waals surface area (Å²) in [6.07, 6.45) is -2.19. The lowest BCUT2D eigenvalue weighted by Gasteiger charge is -2.31. The van der Waals surface area contributed by atoms with E-state index in [0.717, 1.165) is 0 Å². The number of rotatable bonds is 20. The standard InChI is InChI=1S/C21H41NO11/c1-5-15(11-23)32-18(13-25)30-9-7-21(2,3)10-16(12-24)33-19(29-4)14-31-20(28)22-8-6-17(26)27/h15-16,18-19,23-25H,5-14H2,1-4H3,(H,22,28)(H,26,27). The van der Waals surface area contributed by atoms with Gasteiger partial charge in [0.05, 0.1) is 45.1 Å². The smallest absolute Gasteiger partial charge is 0.407 e. The van der Waals surface area contributed by atoms with Crippen molar-refractivity contribution in [1.82, 2.24) is 5.32 Å². The minimum absolute atomic E-state index is 0.0660. The van der Waals surface area contributed by atoms with Crippen LogP contribution in [0.4, 0.5) is 4.79 Å². The van der Waals surface area contributed by atoms with E-state index >= 15 is 0 Å². The number of hydrogen-bond donors (Lipinski definition) is 5. The summed E-state index contributed by atoms with van der Waals surface area (Å²) in [4.78, 5) is 22.0. The molecule has 0 bridgehead atoms. The Hall–Kier alpha value is -1.54. The van der Waals surface area contributed by atoms with Crippen LogP contribution in [0.5, 0.6) is 0 Å². The molecular formula is C21H41NO11. The van der Waals surface area contributed by atoms with Crippen molar-refractivity contribution in [3.8, 4) is 0 Å². The van der Waals surface area contributed by atoms with Crippen molar-refractivity contribution in [2.75, 3.05) is 46.7 Å². The lowest BCUT2D eigenvalue weighted by atomic mass is 9.84. The Labute approximate surface area is 195 Å². The second-order valence-electron chi connectivity index (χ2n) is 8.23. The molecule has 5 N–H and O–H groups in total. The van der Waals surface area contributed by atoms with Crippen molar-refractivity contribution in [2.24, 2.45) is 5.41 Å². The van der Waals surface area contributed by atoms with Crippen LogP contribution in [-0.4, -0.2) is 104 Å². The third-order valence-corrected chi connectivity index (χ3v) is 4.78. The van der Waals surface area contributed by atoms with Gasteiger partial charge in [0.25, 0.3) is 0 Å². The van der Waals surface area contributed by atoms with Crippen LogP contribution < -0.4 is 5.32 Å². The Morgan fingerprint density at radius 2 is 1.64 bits per heavy atom. The largest absolute Gasteiger partial charge is 0.481 e. The number of nitrogens with one attached hydrogen (secondary N) is 1. The summed E-state index contributed by atoms with van der Waals surface area (Å²) in [5.41, 5.74) is -0.318. The number of methoxy groups -OCH3 is 1. The first-order valence-electron chi connectivity index (χ1n) is 11.0. The van der Waals surface area contributed by atoms with Gasteiger partial charge in [-0.15, -0.1) is 0 Å². The highest BCUT2D eigenvalue weighted by Crippen LogP contribution is 2.28. The highest BCUT2D eigenvalue weighted by Gasteiger charge is 2.27. The molecule has 0 aromatic carbocycles. The molecular weight excluding hydrogens is 442 g/mol. The van der Waals surface area contributed by atoms with E-state index in [1.54, 1.807) is 0 Å². The third kappa shape index (κ3) is 15.8. The zero-order valence-corrected chi connectivity index (χ0v) is 20.0. The maximum absolute atomic E-state index is 11.6. The molecule has 0 aliphatic rings. The van der Waals surface area contributed by atoms with Gasteiger partial charge in [0, 0.05) is 13.7 Å². The van der Waals surface area contributed by atoms with Crippen molar-refractivity contribution in [1.29, 1.82) is 0 Å². The first-order chi connectivity index (χ1) is 15.6. The normalized spacial score (nSPS) is 15.5. The zero-order valence-electron chi connectivity index (χ0n) is 20.0. The summed E-state index contributed by atoms with van der Waals surface area (Å²) < 4.78 is 26.9. The Kier molecular flexibility index (Phi) is 17.0. The Morgan fingerprint density at radius 3 is 2.15 bits per heavy atom. The Morgan fingerprint density at radius 1 is 1.00 bits per heavy atom. The number of carboxylic acid groups (broad SMARTS) is 1. The van der Waals surface area contributed by atoms with Gasteiger partial charge < -0.3 is 49.4 Å². The van der Waals surface area contributed by atoms with Gasteiger partial charge in [-0.1, -0.05) is 20.8 Å². The van der Waals surface area contributed by atoms with E-state index in [4.69, 9.17) is 28.8 Å². The molecule has 0 fully saturated rings. The molecule has 0 aliphatic carbocycles. The van der Waals surface area contributed by atoms with Crippen LogP contribution in [0, 0.1) is 5.41 Å². The van der Waals surface area contributed by atoms with Crippen molar-refractivity contribution in [2.45, 2.75) is 71.2 Å². The monoisotopic (exact) mass is 483 g/mol. The van der Waals surface area contributed by atoms with Gasteiger partial charge in [-0.2, -0.15) is 0 Å². The Bertz CT molecular complexity index is 528. The average molecular weight is 484 g/mol. The first-order valence-corrected chi connectivity index (χ1v) is 11.0. The van der Waals surface area contributed by atoms with E-state index in [9.17, 15) is 24.9 Å². The van der Waals surface area contributed by atoms with Crippen LogP contribution >= 0.6 is 0 Å². The van der Waals surface area contributed by atoms with E-state index in [1.807, 2.05) is 20.8 Å². The number of aliphatic hydroxyl groups is 3. The molecule has 4 atom stereocenters.